The second kappa shape index (κ2) is 6.14. The molecule has 2 aromatic carbocycles. The lowest BCUT2D eigenvalue weighted by Gasteiger charge is -2.17. The van der Waals surface area contributed by atoms with E-state index in [9.17, 15) is 13.2 Å². The van der Waals surface area contributed by atoms with Gasteiger partial charge in [-0.05, 0) is 31.2 Å². The average molecular weight is 330 g/mol. The molecule has 0 saturated carbocycles. The average Bonchev–Trinajstić information content (AvgIpc) is 2.89. The van der Waals surface area contributed by atoms with Crippen LogP contribution in [0, 0.1) is 6.92 Å². The molecular formula is C17H18N2O3S. The van der Waals surface area contributed by atoms with E-state index in [1.165, 1.54) is 12.1 Å². The number of sulfonamides is 1. The molecule has 0 aromatic heterocycles. The summed E-state index contributed by atoms with van der Waals surface area (Å²) >= 11 is 0. The van der Waals surface area contributed by atoms with E-state index in [1.54, 1.807) is 23.1 Å². The largest absolute Gasteiger partial charge is 0.311 e. The van der Waals surface area contributed by atoms with Crippen molar-refractivity contribution in [2.75, 3.05) is 11.4 Å². The Morgan fingerprint density at radius 1 is 1.04 bits per heavy atom. The minimum Gasteiger partial charge on any atom is -0.311 e. The van der Waals surface area contributed by atoms with Crippen molar-refractivity contribution < 1.29 is 13.2 Å². The van der Waals surface area contributed by atoms with Gasteiger partial charge < -0.3 is 4.90 Å². The Bertz CT molecular complexity index is 801. The first-order valence-corrected chi connectivity index (χ1v) is 8.88. The SMILES string of the molecule is Cc1ccc(N2CC(NS(=O)(=O)c3ccccc3)CC2=O)cc1. The molecule has 1 atom stereocenters. The van der Waals surface area contributed by atoms with Crippen LogP contribution in [0.2, 0.25) is 0 Å². The highest BCUT2D eigenvalue weighted by Gasteiger charge is 2.33. The first kappa shape index (κ1) is 15.7. The summed E-state index contributed by atoms with van der Waals surface area (Å²) in [5.74, 6) is -0.0744. The molecule has 2 aromatic rings. The Morgan fingerprint density at radius 3 is 2.35 bits per heavy atom. The molecule has 1 fully saturated rings. The number of aryl methyl sites for hydroxylation is 1. The molecular weight excluding hydrogens is 312 g/mol. The van der Waals surface area contributed by atoms with Gasteiger partial charge in [-0.15, -0.1) is 0 Å². The molecule has 1 aliphatic heterocycles. The second-order valence-electron chi connectivity index (χ2n) is 5.68. The standard InChI is InChI=1S/C17H18N2O3S/c1-13-7-9-15(10-8-13)19-12-14(11-17(19)20)18-23(21,22)16-5-3-2-4-6-16/h2-10,14,18H,11-12H2,1H3. The summed E-state index contributed by atoms with van der Waals surface area (Å²) in [7, 11) is -3.61. The lowest BCUT2D eigenvalue weighted by Crippen LogP contribution is -2.37. The van der Waals surface area contributed by atoms with Gasteiger partial charge in [0.25, 0.3) is 0 Å². The summed E-state index contributed by atoms with van der Waals surface area (Å²) in [5, 5.41) is 0. The molecule has 3 rings (SSSR count). The molecule has 1 saturated heterocycles. The highest BCUT2D eigenvalue weighted by molar-refractivity contribution is 7.89. The molecule has 23 heavy (non-hydrogen) atoms. The van der Waals surface area contributed by atoms with Crippen molar-refractivity contribution in [1.82, 2.24) is 4.72 Å². The second-order valence-corrected chi connectivity index (χ2v) is 7.39. The van der Waals surface area contributed by atoms with Crippen LogP contribution in [-0.4, -0.2) is 26.9 Å². The minimum atomic E-state index is -3.61. The highest BCUT2D eigenvalue weighted by Crippen LogP contribution is 2.23. The molecule has 0 radical (unpaired) electrons. The molecule has 0 aliphatic carbocycles. The fraction of sp³-hybridized carbons (Fsp3) is 0.235. The summed E-state index contributed by atoms with van der Waals surface area (Å²) in [5.41, 5.74) is 1.91. The van der Waals surface area contributed by atoms with Crippen LogP contribution in [-0.2, 0) is 14.8 Å². The van der Waals surface area contributed by atoms with Crippen LogP contribution in [0.5, 0.6) is 0 Å². The van der Waals surface area contributed by atoms with Crippen molar-refractivity contribution in [3.05, 3.63) is 60.2 Å². The Hall–Kier alpha value is -2.18. The topological polar surface area (TPSA) is 66.5 Å². The van der Waals surface area contributed by atoms with Gasteiger partial charge in [-0.2, -0.15) is 0 Å². The van der Waals surface area contributed by atoms with Crippen molar-refractivity contribution in [3.8, 4) is 0 Å². The summed E-state index contributed by atoms with van der Waals surface area (Å²) in [6.07, 6.45) is 0.167. The molecule has 5 nitrogen and oxygen atoms in total. The predicted octanol–water partition coefficient (Wildman–Crippen LogP) is 2.08. The molecule has 1 heterocycles. The molecule has 1 unspecified atom stereocenters. The van der Waals surface area contributed by atoms with Gasteiger partial charge in [0.2, 0.25) is 15.9 Å². The van der Waals surface area contributed by atoms with Crippen molar-refractivity contribution in [1.29, 1.82) is 0 Å². The number of nitrogens with zero attached hydrogens (tertiary/aromatic N) is 1. The third-order valence-corrected chi connectivity index (χ3v) is 5.38. The van der Waals surface area contributed by atoms with E-state index in [-0.39, 0.29) is 17.2 Å². The molecule has 1 N–H and O–H groups in total. The molecule has 1 aliphatic rings. The van der Waals surface area contributed by atoms with E-state index in [0.29, 0.717) is 6.54 Å². The lowest BCUT2D eigenvalue weighted by molar-refractivity contribution is -0.117. The monoisotopic (exact) mass is 330 g/mol. The van der Waals surface area contributed by atoms with Crippen LogP contribution >= 0.6 is 0 Å². The van der Waals surface area contributed by atoms with Gasteiger partial charge in [-0.1, -0.05) is 35.9 Å². The molecule has 120 valence electrons. The fourth-order valence-corrected chi connectivity index (χ4v) is 3.90. The number of anilines is 1. The number of carbonyl (C=O) groups is 1. The number of hydrogen-bond donors (Lipinski definition) is 1. The van der Waals surface area contributed by atoms with Gasteiger partial charge >= 0.3 is 0 Å². The Balaban J connectivity index is 1.74. The molecule has 0 bridgehead atoms. The van der Waals surface area contributed by atoms with Crippen LogP contribution in [0.3, 0.4) is 0 Å². The predicted molar refractivity (Wildman–Crippen MR) is 88.7 cm³/mol. The molecule has 1 amide bonds. The first-order chi connectivity index (χ1) is 11.0. The Kier molecular flexibility index (Phi) is 4.19. The summed E-state index contributed by atoms with van der Waals surface area (Å²) < 4.78 is 27.3. The van der Waals surface area contributed by atoms with Crippen molar-refractivity contribution in [2.45, 2.75) is 24.3 Å². The number of rotatable bonds is 4. The third kappa shape index (κ3) is 3.43. The molecule has 0 spiro atoms. The van der Waals surface area contributed by atoms with Gasteiger partial charge in [0.15, 0.2) is 0 Å². The van der Waals surface area contributed by atoms with Crippen LogP contribution in [0.25, 0.3) is 0 Å². The number of nitrogens with one attached hydrogen (secondary N) is 1. The first-order valence-electron chi connectivity index (χ1n) is 7.40. The fourth-order valence-electron chi connectivity index (χ4n) is 2.65. The maximum absolute atomic E-state index is 12.3. The van der Waals surface area contributed by atoms with Crippen molar-refractivity contribution in [2.24, 2.45) is 0 Å². The van der Waals surface area contributed by atoms with E-state index in [2.05, 4.69) is 4.72 Å². The maximum Gasteiger partial charge on any atom is 0.240 e. The normalized spacial score (nSPS) is 18.4. The number of amides is 1. The smallest absolute Gasteiger partial charge is 0.240 e. The zero-order valence-corrected chi connectivity index (χ0v) is 13.6. The lowest BCUT2D eigenvalue weighted by atomic mass is 10.2. The van der Waals surface area contributed by atoms with Crippen molar-refractivity contribution >= 4 is 21.6 Å². The van der Waals surface area contributed by atoms with Crippen LogP contribution in [0.15, 0.2) is 59.5 Å². The Morgan fingerprint density at radius 2 is 1.70 bits per heavy atom. The van der Waals surface area contributed by atoms with E-state index in [1.807, 2.05) is 31.2 Å². The van der Waals surface area contributed by atoms with E-state index < -0.39 is 16.1 Å². The Labute approximate surface area is 136 Å². The van der Waals surface area contributed by atoms with E-state index in [0.717, 1.165) is 11.3 Å². The van der Waals surface area contributed by atoms with Gasteiger partial charge in [0, 0.05) is 24.7 Å². The van der Waals surface area contributed by atoms with Crippen LogP contribution in [0.4, 0.5) is 5.69 Å². The minimum absolute atomic E-state index is 0.0744. The van der Waals surface area contributed by atoms with E-state index in [4.69, 9.17) is 0 Å². The summed E-state index contributed by atoms with van der Waals surface area (Å²) in [6.45, 7) is 2.32. The van der Waals surface area contributed by atoms with Gasteiger partial charge in [-0.25, -0.2) is 13.1 Å². The van der Waals surface area contributed by atoms with Gasteiger partial charge in [-0.3, -0.25) is 4.79 Å². The maximum atomic E-state index is 12.3. The zero-order valence-electron chi connectivity index (χ0n) is 12.8. The quantitative estimate of drug-likeness (QED) is 0.933. The summed E-state index contributed by atoms with van der Waals surface area (Å²) in [6, 6.07) is 15.4. The number of hydrogen-bond acceptors (Lipinski definition) is 3. The van der Waals surface area contributed by atoms with Crippen LogP contribution < -0.4 is 9.62 Å². The number of carbonyl (C=O) groups excluding carboxylic acids is 1. The number of benzene rings is 2. The third-order valence-electron chi connectivity index (χ3n) is 3.85. The van der Waals surface area contributed by atoms with Crippen LogP contribution in [0.1, 0.15) is 12.0 Å². The van der Waals surface area contributed by atoms with E-state index >= 15 is 0 Å². The van der Waals surface area contributed by atoms with Gasteiger partial charge in [0.05, 0.1) is 4.90 Å². The summed E-state index contributed by atoms with van der Waals surface area (Å²) in [4.78, 5) is 14.0. The van der Waals surface area contributed by atoms with Gasteiger partial charge in [0.1, 0.15) is 0 Å². The molecule has 6 heteroatoms. The zero-order chi connectivity index (χ0) is 16.4. The highest BCUT2D eigenvalue weighted by atomic mass is 32.2. The van der Waals surface area contributed by atoms with Crippen molar-refractivity contribution in [3.63, 3.8) is 0 Å².